The number of hydrogen-bond acceptors (Lipinski definition) is 6. The quantitative estimate of drug-likeness (QED) is 0.459. The standard InChI is InChI=1S/C8H8N4O2S/c1-2-14-8(13)5-3-9-6-4-10-11-12(6)7(5)15/h3-4,15H,2H2,1H3. The Kier molecular flexibility index (Phi) is 2.55. The highest BCUT2D eigenvalue weighted by Gasteiger charge is 2.14. The van der Waals surface area contributed by atoms with Crippen LogP contribution in [0.3, 0.4) is 0 Å². The van der Waals surface area contributed by atoms with Gasteiger partial charge in [-0.3, -0.25) is 0 Å². The topological polar surface area (TPSA) is 69.4 Å². The van der Waals surface area contributed by atoms with Crippen LogP contribution in [0.1, 0.15) is 17.3 Å². The van der Waals surface area contributed by atoms with E-state index < -0.39 is 5.97 Å². The minimum absolute atomic E-state index is 0.276. The van der Waals surface area contributed by atoms with Crippen molar-refractivity contribution >= 4 is 24.2 Å². The third-order valence-corrected chi connectivity index (χ3v) is 2.22. The van der Waals surface area contributed by atoms with Crippen molar-refractivity contribution in [3.63, 3.8) is 0 Å². The number of hydrogen-bond donors (Lipinski definition) is 1. The van der Waals surface area contributed by atoms with Crippen LogP contribution in [0, 0.1) is 0 Å². The van der Waals surface area contributed by atoms with E-state index in [0.29, 0.717) is 17.3 Å². The van der Waals surface area contributed by atoms with E-state index in [-0.39, 0.29) is 5.56 Å². The molecule has 0 aliphatic heterocycles. The van der Waals surface area contributed by atoms with Crippen molar-refractivity contribution < 1.29 is 9.53 Å². The van der Waals surface area contributed by atoms with E-state index in [1.807, 2.05) is 0 Å². The third kappa shape index (κ3) is 1.65. The van der Waals surface area contributed by atoms with Gasteiger partial charge in [0.15, 0.2) is 5.65 Å². The first-order chi connectivity index (χ1) is 7.24. The van der Waals surface area contributed by atoms with Crippen LogP contribution in [0.15, 0.2) is 17.4 Å². The first kappa shape index (κ1) is 9.91. The molecule has 0 radical (unpaired) electrons. The molecular weight excluding hydrogens is 216 g/mol. The van der Waals surface area contributed by atoms with Crippen molar-refractivity contribution in [2.75, 3.05) is 6.61 Å². The number of carbonyl (C=O) groups is 1. The van der Waals surface area contributed by atoms with Crippen molar-refractivity contribution in [3.05, 3.63) is 18.0 Å². The third-order valence-electron chi connectivity index (χ3n) is 1.79. The smallest absolute Gasteiger partial charge is 0.342 e. The summed E-state index contributed by atoms with van der Waals surface area (Å²) in [6.07, 6.45) is 2.88. The van der Waals surface area contributed by atoms with Crippen molar-refractivity contribution in [3.8, 4) is 0 Å². The average Bonchev–Trinajstić information content (AvgIpc) is 2.67. The number of rotatable bonds is 2. The summed E-state index contributed by atoms with van der Waals surface area (Å²) in [6.45, 7) is 2.04. The van der Waals surface area contributed by atoms with Gasteiger partial charge in [0.2, 0.25) is 0 Å². The van der Waals surface area contributed by atoms with Crippen molar-refractivity contribution in [1.82, 2.24) is 19.8 Å². The largest absolute Gasteiger partial charge is 0.462 e. The van der Waals surface area contributed by atoms with E-state index in [9.17, 15) is 4.79 Å². The zero-order valence-electron chi connectivity index (χ0n) is 7.91. The molecule has 0 aliphatic rings. The normalized spacial score (nSPS) is 10.5. The molecule has 7 heteroatoms. The monoisotopic (exact) mass is 224 g/mol. The number of thiol groups is 1. The van der Waals surface area contributed by atoms with E-state index in [2.05, 4.69) is 27.9 Å². The fourth-order valence-electron chi connectivity index (χ4n) is 1.12. The molecule has 0 bridgehead atoms. The minimum atomic E-state index is -0.465. The van der Waals surface area contributed by atoms with Gasteiger partial charge in [0.1, 0.15) is 10.6 Å². The zero-order valence-corrected chi connectivity index (χ0v) is 8.81. The van der Waals surface area contributed by atoms with Crippen molar-refractivity contribution in [1.29, 1.82) is 0 Å². The summed E-state index contributed by atoms with van der Waals surface area (Å²) in [6, 6.07) is 0. The summed E-state index contributed by atoms with van der Waals surface area (Å²) in [4.78, 5) is 15.5. The molecule has 0 fully saturated rings. The summed E-state index contributed by atoms with van der Waals surface area (Å²) in [5, 5.41) is 7.77. The van der Waals surface area contributed by atoms with E-state index >= 15 is 0 Å². The number of esters is 1. The van der Waals surface area contributed by atoms with Crippen LogP contribution in [0.5, 0.6) is 0 Å². The Morgan fingerprint density at radius 2 is 2.40 bits per heavy atom. The lowest BCUT2D eigenvalue weighted by Gasteiger charge is -2.04. The first-order valence-corrected chi connectivity index (χ1v) is 4.74. The predicted molar refractivity (Wildman–Crippen MR) is 54.0 cm³/mol. The van der Waals surface area contributed by atoms with Gasteiger partial charge in [-0.15, -0.1) is 17.7 Å². The molecule has 0 amide bonds. The van der Waals surface area contributed by atoms with Crippen LogP contribution in [0.4, 0.5) is 0 Å². The first-order valence-electron chi connectivity index (χ1n) is 4.29. The molecule has 2 aromatic rings. The lowest BCUT2D eigenvalue weighted by Crippen LogP contribution is -2.09. The molecule has 0 atom stereocenters. The molecule has 0 N–H and O–H groups in total. The van der Waals surface area contributed by atoms with Gasteiger partial charge in [0, 0.05) is 6.20 Å². The van der Waals surface area contributed by atoms with E-state index in [1.165, 1.54) is 16.9 Å². The second-order valence-electron chi connectivity index (χ2n) is 2.72. The molecule has 0 saturated carbocycles. The number of fused-ring (bicyclic) bond motifs is 1. The molecule has 6 nitrogen and oxygen atoms in total. The summed E-state index contributed by atoms with van der Waals surface area (Å²) in [5.41, 5.74) is 0.811. The molecule has 2 rings (SSSR count). The van der Waals surface area contributed by atoms with Crippen molar-refractivity contribution in [2.45, 2.75) is 11.9 Å². The molecule has 0 unspecified atom stereocenters. The predicted octanol–water partition coefficient (Wildman–Crippen LogP) is 0.590. The second kappa shape index (κ2) is 3.85. The van der Waals surface area contributed by atoms with E-state index in [1.54, 1.807) is 6.92 Å². The Morgan fingerprint density at radius 1 is 1.60 bits per heavy atom. The number of ether oxygens (including phenoxy) is 1. The molecule has 15 heavy (non-hydrogen) atoms. The van der Waals surface area contributed by atoms with Crippen LogP contribution in [-0.4, -0.2) is 32.4 Å². The molecular formula is C8H8N4O2S. The average molecular weight is 224 g/mol. The van der Waals surface area contributed by atoms with Gasteiger partial charge < -0.3 is 4.74 Å². The maximum Gasteiger partial charge on any atom is 0.342 e. The highest BCUT2D eigenvalue weighted by atomic mass is 32.1. The summed E-state index contributed by atoms with van der Waals surface area (Å²) < 4.78 is 6.22. The lowest BCUT2D eigenvalue weighted by atomic mass is 10.3. The Balaban J connectivity index is 2.52. The molecule has 0 spiro atoms. The Hall–Kier alpha value is -1.63. The fourth-order valence-corrected chi connectivity index (χ4v) is 1.42. The SMILES string of the molecule is CCOC(=O)c1cnc2cnnn2c1S. The number of nitrogens with zero attached hydrogens (tertiary/aromatic N) is 4. The molecule has 0 aromatic carbocycles. The summed E-state index contributed by atoms with van der Waals surface area (Å²) in [7, 11) is 0. The minimum Gasteiger partial charge on any atom is -0.462 e. The van der Waals surface area contributed by atoms with Crippen LogP contribution in [0.25, 0.3) is 5.65 Å². The van der Waals surface area contributed by atoms with Crippen LogP contribution in [0.2, 0.25) is 0 Å². The van der Waals surface area contributed by atoms with Gasteiger partial charge >= 0.3 is 5.97 Å². The maximum atomic E-state index is 11.5. The van der Waals surface area contributed by atoms with Crippen molar-refractivity contribution in [2.24, 2.45) is 0 Å². The molecule has 2 aromatic heterocycles. The van der Waals surface area contributed by atoms with Gasteiger partial charge in [-0.25, -0.2) is 9.78 Å². The van der Waals surface area contributed by atoms with Gasteiger partial charge in [0.05, 0.1) is 12.8 Å². The molecule has 2 heterocycles. The molecule has 0 saturated heterocycles. The summed E-state index contributed by atoms with van der Waals surface area (Å²) in [5.74, 6) is -0.465. The Bertz CT molecular complexity index is 510. The van der Waals surface area contributed by atoms with E-state index in [0.717, 1.165) is 0 Å². The Labute approximate surface area is 90.7 Å². The van der Waals surface area contributed by atoms with Crippen LogP contribution >= 0.6 is 12.6 Å². The second-order valence-corrected chi connectivity index (χ2v) is 3.14. The van der Waals surface area contributed by atoms with E-state index in [4.69, 9.17) is 4.74 Å². The van der Waals surface area contributed by atoms with Gasteiger partial charge in [0.25, 0.3) is 0 Å². The van der Waals surface area contributed by atoms with Crippen LogP contribution < -0.4 is 0 Å². The number of aromatic nitrogens is 4. The van der Waals surface area contributed by atoms with Gasteiger partial charge in [-0.2, -0.15) is 4.52 Å². The number of carbonyl (C=O) groups excluding carboxylic acids is 1. The molecule has 78 valence electrons. The van der Waals surface area contributed by atoms with Gasteiger partial charge in [-0.1, -0.05) is 5.21 Å². The zero-order chi connectivity index (χ0) is 10.8. The van der Waals surface area contributed by atoms with Crippen LogP contribution in [-0.2, 0) is 4.74 Å². The molecule has 0 aliphatic carbocycles. The Morgan fingerprint density at radius 3 is 3.13 bits per heavy atom. The summed E-state index contributed by atoms with van der Waals surface area (Å²) >= 11 is 4.18. The lowest BCUT2D eigenvalue weighted by molar-refractivity contribution is 0.0520. The fraction of sp³-hybridized carbons (Fsp3) is 0.250. The highest BCUT2D eigenvalue weighted by molar-refractivity contribution is 7.80. The maximum absolute atomic E-state index is 11.5. The highest BCUT2D eigenvalue weighted by Crippen LogP contribution is 2.14. The van der Waals surface area contributed by atoms with Gasteiger partial charge in [-0.05, 0) is 6.92 Å².